The van der Waals surface area contributed by atoms with Crippen LogP contribution in [0.1, 0.15) is 21.5 Å². The Kier molecular flexibility index (Phi) is 8.21. The van der Waals surface area contributed by atoms with Gasteiger partial charge in [0, 0.05) is 11.3 Å². The average Bonchev–Trinajstić information content (AvgIpc) is 2.85. The zero-order valence-corrected chi connectivity index (χ0v) is 20.0. The summed E-state index contributed by atoms with van der Waals surface area (Å²) in [4.78, 5) is 35.5. The van der Waals surface area contributed by atoms with Crippen molar-refractivity contribution in [2.45, 2.75) is 18.2 Å². The lowest BCUT2D eigenvalue weighted by Gasteiger charge is -2.11. The second-order valence-electron chi connectivity index (χ2n) is 7.63. The van der Waals surface area contributed by atoms with Crippen molar-refractivity contribution in [3.63, 3.8) is 0 Å². The molecule has 10 heteroatoms. The van der Waals surface area contributed by atoms with Crippen LogP contribution in [0.4, 0.5) is 11.4 Å². The van der Waals surface area contributed by atoms with Crippen molar-refractivity contribution in [1.29, 1.82) is 0 Å². The summed E-state index contributed by atoms with van der Waals surface area (Å²) in [6.07, 6.45) is 0.0672. The molecule has 0 aliphatic carbocycles. The molecule has 0 aromatic heterocycles. The summed E-state index contributed by atoms with van der Waals surface area (Å²) in [7, 11) is -2.56. The topological polar surface area (TPSA) is 131 Å². The Hall–Kier alpha value is -4.18. The summed E-state index contributed by atoms with van der Waals surface area (Å²) < 4.78 is 32.3. The molecule has 2 amide bonds. The summed E-state index contributed by atoms with van der Waals surface area (Å²) in [5.74, 6) is -1.28. The van der Waals surface area contributed by atoms with Crippen molar-refractivity contribution in [2.75, 3.05) is 23.7 Å². The Morgan fingerprint density at radius 3 is 2.17 bits per heavy atom. The molecule has 3 aromatic carbocycles. The molecule has 0 heterocycles. The van der Waals surface area contributed by atoms with Crippen LogP contribution in [0, 0.1) is 6.92 Å². The van der Waals surface area contributed by atoms with E-state index in [1.807, 2.05) is 6.07 Å². The molecule has 0 atom stereocenters. The van der Waals surface area contributed by atoms with Crippen LogP contribution in [0.25, 0.3) is 0 Å². The van der Waals surface area contributed by atoms with Gasteiger partial charge in [0.2, 0.25) is 5.91 Å². The molecule has 3 rings (SSSR count). The SMILES string of the molecule is COC(=O)CNC(=O)Cc1ccc(NC(=O)c2ccc(S(=O)(=O)Nc3ccccc3C)cc2)cc1. The third-order valence-corrected chi connectivity index (χ3v) is 6.43. The van der Waals surface area contributed by atoms with Crippen molar-refractivity contribution in [3.05, 3.63) is 89.5 Å². The number of carbonyl (C=O) groups excluding carboxylic acids is 3. The van der Waals surface area contributed by atoms with Gasteiger partial charge in [-0.2, -0.15) is 0 Å². The number of carbonyl (C=O) groups is 3. The van der Waals surface area contributed by atoms with Crippen LogP contribution in [0.2, 0.25) is 0 Å². The number of rotatable bonds is 9. The monoisotopic (exact) mass is 495 g/mol. The predicted molar refractivity (Wildman–Crippen MR) is 132 cm³/mol. The number of methoxy groups -OCH3 is 1. The van der Waals surface area contributed by atoms with Crippen LogP contribution in [0.3, 0.4) is 0 Å². The van der Waals surface area contributed by atoms with Gasteiger partial charge in [-0.1, -0.05) is 30.3 Å². The fourth-order valence-electron chi connectivity index (χ4n) is 3.08. The first kappa shape index (κ1) is 25.4. The number of esters is 1. The van der Waals surface area contributed by atoms with Crippen LogP contribution in [-0.4, -0.2) is 39.9 Å². The molecule has 0 saturated carbocycles. The summed E-state index contributed by atoms with van der Waals surface area (Å²) in [5, 5.41) is 5.18. The minimum absolute atomic E-state index is 0.0344. The molecule has 0 aliphatic rings. The average molecular weight is 496 g/mol. The highest BCUT2D eigenvalue weighted by Crippen LogP contribution is 2.20. The fraction of sp³-hybridized carbons (Fsp3) is 0.160. The molecule has 3 aromatic rings. The molecule has 0 spiro atoms. The molecule has 35 heavy (non-hydrogen) atoms. The van der Waals surface area contributed by atoms with Crippen LogP contribution in [-0.2, 0) is 30.8 Å². The van der Waals surface area contributed by atoms with E-state index in [9.17, 15) is 22.8 Å². The quantitative estimate of drug-likeness (QED) is 0.391. The first-order valence-corrected chi connectivity index (χ1v) is 12.1. The van der Waals surface area contributed by atoms with Gasteiger partial charge in [-0.25, -0.2) is 8.42 Å². The highest BCUT2D eigenvalue weighted by atomic mass is 32.2. The van der Waals surface area contributed by atoms with Gasteiger partial charge in [-0.15, -0.1) is 0 Å². The highest BCUT2D eigenvalue weighted by molar-refractivity contribution is 7.92. The molecule has 182 valence electrons. The number of benzene rings is 3. The normalized spacial score (nSPS) is 10.8. The van der Waals surface area contributed by atoms with E-state index in [1.54, 1.807) is 49.4 Å². The lowest BCUT2D eigenvalue weighted by atomic mass is 10.1. The minimum Gasteiger partial charge on any atom is -0.468 e. The Bertz CT molecular complexity index is 1320. The number of amides is 2. The highest BCUT2D eigenvalue weighted by Gasteiger charge is 2.16. The number of hydrogen-bond acceptors (Lipinski definition) is 6. The van der Waals surface area contributed by atoms with Gasteiger partial charge in [0.1, 0.15) is 6.54 Å². The summed E-state index contributed by atoms with van der Waals surface area (Å²) in [6.45, 7) is 1.60. The molecular weight excluding hydrogens is 470 g/mol. The van der Waals surface area contributed by atoms with Crippen molar-refractivity contribution in [1.82, 2.24) is 5.32 Å². The van der Waals surface area contributed by atoms with E-state index >= 15 is 0 Å². The third kappa shape index (κ3) is 7.15. The summed E-state index contributed by atoms with van der Waals surface area (Å²) >= 11 is 0. The van der Waals surface area contributed by atoms with E-state index in [1.165, 1.54) is 31.4 Å². The third-order valence-electron chi connectivity index (χ3n) is 5.05. The number of anilines is 2. The van der Waals surface area contributed by atoms with Crippen LogP contribution in [0.5, 0.6) is 0 Å². The van der Waals surface area contributed by atoms with Crippen LogP contribution >= 0.6 is 0 Å². The predicted octanol–water partition coefficient (Wildman–Crippen LogP) is 2.88. The smallest absolute Gasteiger partial charge is 0.325 e. The first-order chi connectivity index (χ1) is 16.7. The standard InChI is InChI=1S/C25H25N3O6S/c1-17-5-3-4-6-22(17)28-35(32,33)21-13-9-19(10-14-21)25(31)27-20-11-7-18(8-12-20)15-23(29)26-16-24(30)34-2/h3-14,28H,15-16H2,1-2H3,(H,26,29)(H,27,31). The largest absolute Gasteiger partial charge is 0.468 e. The zero-order valence-electron chi connectivity index (χ0n) is 19.2. The fourth-order valence-corrected chi connectivity index (χ4v) is 4.21. The van der Waals surface area contributed by atoms with E-state index in [0.717, 1.165) is 5.56 Å². The molecule has 0 saturated heterocycles. The van der Waals surface area contributed by atoms with Gasteiger partial charge in [0.25, 0.3) is 15.9 Å². The van der Waals surface area contributed by atoms with Crippen molar-refractivity contribution in [2.24, 2.45) is 0 Å². The van der Waals surface area contributed by atoms with Gasteiger partial charge in [-0.3, -0.25) is 19.1 Å². The lowest BCUT2D eigenvalue weighted by molar-refractivity contribution is -0.141. The van der Waals surface area contributed by atoms with Crippen LogP contribution in [0.15, 0.2) is 77.7 Å². The molecular formula is C25H25N3O6S. The van der Waals surface area contributed by atoms with Crippen LogP contribution < -0.4 is 15.4 Å². The molecule has 3 N–H and O–H groups in total. The number of para-hydroxylation sites is 1. The van der Waals surface area contributed by atoms with Crippen molar-refractivity contribution < 1.29 is 27.5 Å². The Balaban J connectivity index is 1.59. The zero-order chi connectivity index (χ0) is 25.4. The summed E-state index contributed by atoms with van der Waals surface area (Å²) in [6, 6.07) is 19.3. The summed E-state index contributed by atoms with van der Waals surface area (Å²) in [5.41, 5.74) is 2.76. The second kappa shape index (κ2) is 11.3. The van der Waals surface area contributed by atoms with Crippen molar-refractivity contribution in [3.8, 4) is 0 Å². The maximum absolute atomic E-state index is 12.7. The Labute approximate surface area is 203 Å². The van der Waals surface area contributed by atoms with Gasteiger partial charge in [-0.05, 0) is 60.5 Å². The second-order valence-corrected chi connectivity index (χ2v) is 9.31. The molecule has 0 fully saturated rings. The number of aryl methyl sites for hydroxylation is 1. The Morgan fingerprint density at radius 1 is 0.886 bits per heavy atom. The lowest BCUT2D eigenvalue weighted by Crippen LogP contribution is -2.31. The molecule has 0 radical (unpaired) electrons. The number of hydrogen-bond donors (Lipinski definition) is 3. The first-order valence-electron chi connectivity index (χ1n) is 10.6. The van der Waals surface area contributed by atoms with E-state index in [2.05, 4.69) is 20.1 Å². The molecule has 0 unspecified atom stereocenters. The Morgan fingerprint density at radius 2 is 1.54 bits per heavy atom. The van der Waals surface area contributed by atoms with E-state index in [-0.39, 0.29) is 29.3 Å². The van der Waals surface area contributed by atoms with Gasteiger partial charge in [0.05, 0.1) is 24.1 Å². The van der Waals surface area contributed by atoms with Gasteiger partial charge >= 0.3 is 5.97 Å². The van der Waals surface area contributed by atoms with Gasteiger partial charge in [0.15, 0.2) is 0 Å². The number of sulfonamides is 1. The molecule has 0 aliphatic heterocycles. The molecule has 9 nitrogen and oxygen atoms in total. The van der Waals surface area contributed by atoms with Gasteiger partial charge < -0.3 is 15.4 Å². The number of ether oxygens (including phenoxy) is 1. The van der Waals surface area contributed by atoms with E-state index in [0.29, 0.717) is 16.9 Å². The maximum Gasteiger partial charge on any atom is 0.325 e. The maximum atomic E-state index is 12.7. The van der Waals surface area contributed by atoms with Crippen molar-refractivity contribution >= 4 is 39.2 Å². The van der Waals surface area contributed by atoms with E-state index < -0.39 is 21.9 Å². The minimum atomic E-state index is -3.80. The van der Waals surface area contributed by atoms with E-state index in [4.69, 9.17) is 0 Å². The number of nitrogens with one attached hydrogen (secondary N) is 3. The molecule has 0 bridgehead atoms.